The number of benzene rings is 1. The van der Waals surface area contributed by atoms with E-state index in [1.54, 1.807) is 7.05 Å². The van der Waals surface area contributed by atoms with Gasteiger partial charge in [-0.2, -0.15) is 0 Å². The molecular weight excluding hydrogens is 381 g/mol. The minimum atomic E-state index is 0. The SMILES string of the molecule is CCCNC(=NC)NCCc1ccc2c(c1)OCCO2.I. The first-order valence-electron chi connectivity index (χ1n) is 7.16. The van der Waals surface area contributed by atoms with Gasteiger partial charge in [-0.15, -0.1) is 24.0 Å². The first-order chi connectivity index (χ1) is 9.83. The lowest BCUT2D eigenvalue weighted by atomic mass is 10.1. The first kappa shape index (κ1) is 17.9. The molecule has 0 amide bonds. The molecule has 0 aliphatic carbocycles. The summed E-state index contributed by atoms with van der Waals surface area (Å²) >= 11 is 0. The molecular formula is C15H24IN3O2. The molecule has 6 heteroatoms. The summed E-state index contributed by atoms with van der Waals surface area (Å²) in [5.74, 6) is 2.54. The van der Waals surface area contributed by atoms with E-state index in [-0.39, 0.29) is 24.0 Å². The number of hydrogen-bond acceptors (Lipinski definition) is 3. The fraction of sp³-hybridized carbons (Fsp3) is 0.533. The van der Waals surface area contributed by atoms with E-state index in [4.69, 9.17) is 9.47 Å². The number of ether oxygens (including phenoxy) is 2. The van der Waals surface area contributed by atoms with Crippen LogP contribution >= 0.6 is 24.0 Å². The first-order valence-corrected chi connectivity index (χ1v) is 7.16. The quantitative estimate of drug-likeness (QED) is 0.448. The van der Waals surface area contributed by atoms with Gasteiger partial charge in [0.15, 0.2) is 17.5 Å². The molecule has 118 valence electrons. The lowest BCUT2D eigenvalue weighted by Gasteiger charge is -2.19. The minimum absolute atomic E-state index is 0. The van der Waals surface area contributed by atoms with Crippen molar-refractivity contribution in [2.24, 2.45) is 4.99 Å². The number of fused-ring (bicyclic) bond motifs is 1. The third kappa shape index (κ3) is 5.61. The van der Waals surface area contributed by atoms with Crippen molar-refractivity contribution >= 4 is 29.9 Å². The zero-order valence-electron chi connectivity index (χ0n) is 12.6. The second-order valence-corrected chi connectivity index (χ2v) is 4.65. The number of hydrogen-bond donors (Lipinski definition) is 2. The summed E-state index contributed by atoms with van der Waals surface area (Å²) in [6, 6.07) is 6.11. The maximum Gasteiger partial charge on any atom is 0.190 e. The number of nitrogens with zero attached hydrogens (tertiary/aromatic N) is 1. The van der Waals surface area contributed by atoms with Gasteiger partial charge in [0.1, 0.15) is 13.2 Å². The van der Waals surface area contributed by atoms with Gasteiger partial charge in [0, 0.05) is 20.1 Å². The van der Waals surface area contributed by atoms with Gasteiger partial charge in [-0.05, 0) is 30.5 Å². The van der Waals surface area contributed by atoms with E-state index in [0.29, 0.717) is 13.2 Å². The van der Waals surface area contributed by atoms with Crippen LogP contribution < -0.4 is 20.1 Å². The van der Waals surface area contributed by atoms with Crippen LogP contribution in [0.15, 0.2) is 23.2 Å². The molecule has 0 saturated carbocycles. The molecule has 0 atom stereocenters. The normalized spacial score (nSPS) is 13.3. The highest BCUT2D eigenvalue weighted by Crippen LogP contribution is 2.30. The molecule has 2 rings (SSSR count). The van der Waals surface area contributed by atoms with E-state index in [2.05, 4.69) is 34.7 Å². The third-order valence-corrected chi connectivity index (χ3v) is 3.08. The Hall–Kier alpha value is -1.18. The topological polar surface area (TPSA) is 54.9 Å². The van der Waals surface area contributed by atoms with Gasteiger partial charge in [0.2, 0.25) is 0 Å². The predicted octanol–water partition coefficient (Wildman–Crippen LogP) is 2.19. The molecule has 1 aromatic carbocycles. The second kappa shape index (κ2) is 9.70. The van der Waals surface area contributed by atoms with Crippen LogP contribution in [-0.4, -0.2) is 39.3 Å². The Morgan fingerprint density at radius 3 is 2.57 bits per heavy atom. The summed E-state index contributed by atoms with van der Waals surface area (Å²) in [4.78, 5) is 4.18. The van der Waals surface area contributed by atoms with Crippen molar-refractivity contribution in [2.75, 3.05) is 33.4 Å². The van der Waals surface area contributed by atoms with Crippen LogP contribution in [0.25, 0.3) is 0 Å². The van der Waals surface area contributed by atoms with Crippen molar-refractivity contribution in [3.8, 4) is 11.5 Å². The highest BCUT2D eigenvalue weighted by atomic mass is 127. The third-order valence-electron chi connectivity index (χ3n) is 3.08. The van der Waals surface area contributed by atoms with Crippen molar-refractivity contribution in [2.45, 2.75) is 19.8 Å². The Morgan fingerprint density at radius 2 is 1.86 bits per heavy atom. The molecule has 1 aliphatic heterocycles. The lowest BCUT2D eigenvalue weighted by molar-refractivity contribution is 0.171. The summed E-state index contributed by atoms with van der Waals surface area (Å²) in [6.45, 7) is 5.16. The van der Waals surface area contributed by atoms with E-state index >= 15 is 0 Å². The van der Waals surface area contributed by atoms with E-state index in [1.807, 2.05) is 6.07 Å². The maximum absolute atomic E-state index is 5.58. The molecule has 21 heavy (non-hydrogen) atoms. The average Bonchev–Trinajstić information content (AvgIpc) is 2.50. The molecule has 0 unspecified atom stereocenters. The molecule has 5 nitrogen and oxygen atoms in total. The van der Waals surface area contributed by atoms with Crippen LogP contribution in [0.3, 0.4) is 0 Å². The molecule has 2 N–H and O–H groups in total. The predicted molar refractivity (Wildman–Crippen MR) is 96.2 cm³/mol. The number of rotatable bonds is 5. The van der Waals surface area contributed by atoms with Gasteiger partial charge in [0.05, 0.1) is 0 Å². The van der Waals surface area contributed by atoms with Gasteiger partial charge in [-0.1, -0.05) is 13.0 Å². The van der Waals surface area contributed by atoms with Gasteiger partial charge in [-0.25, -0.2) is 0 Å². The largest absolute Gasteiger partial charge is 0.486 e. The van der Waals surface area contributed by atoms with Gasteiger partial charge < -0.3 is 20.1 Å². The zero-order chi connectivity index (χ0) is 14.2. The number of aliphatic imine (C=N–C) groups is 1. The lowest BCUT2D eigenvalue weighted by Crippen LogP contribution is -2.38. The van der Waals surface area contributed by atoms with Crippen molar-refractivity contribution in [3.05, 3.63) is 23.8 Å². The van der Waals surface area contributed by atoms with Crippen LogP contribution in [0, 0.1) is 0 Å². The van der Waals surface area contributed by atoms with Gasteiger partial charge in [0.25, 0.3) is 0 Å². The zero-order valence-corrected chi connectivity index (χ0v) is 15.0. The monoisotopic (exact) mass is 405 g/mol. The Morgan fingerprint density at radius 1 is 1.14 bits per heavy atom. The standard InChI is InChI=1S/C15H23N3O2.HI/c1-3-7-17-15(16-2)18-8-6-12-4-5-13-14(11-12)20-10-9-19-13;/h4-5,11H,3,6-10H2,1-2H3,(H2,16,17,18);1H. The number of guanidine groups is 1. The minimum Gasteiger partial charge on any atom is -0.486 e. The molecule has 1 aliphatic rings. The van der Waals surface area contributed by atoms with E-state index < -0.39 is 0 Å². The van der Waals surface area contributed by atoms with Crippen molar-refractivity contribution in [1.82, 2.24) is 10.6 Å². The van der Waals surface area contributed by atoms with Crippen molar-refractivity contribution < 1.29 is 9.47 Å². The van der Waals surface area contributed by atoms with E-state index in [1.165, 1.54) is 5.56 Å². The highest BCUT2D eigenvalue weighted by molar-refractivity contribution is 14.0. The maximum atomic E-state index is 5.58. The fourth-order valence-electron chi connectivity index (χ4n) is 2.03. The Labute approximate surface area is 143 Å². The average molecular weight is 405 g/mol. The molecule has 0 fully saturated rings. The number of halogens is 1. The van der Waals surface area contributed by atoms with Gasteiger partial charge in [-0.3, -0.25) is 4.99 Å². The fourth-order valence-corrected chi connectivity index (χ4v) is 2.03. The summed E-state index contributed by atoms with van der Waals surface area (Å²) in [5, 5.41) is 6.55. The molecule has 0 radical (unpaired) electrons. The van der Waals surface area contributed by atoms with Crippen LogP contribution in [0.5, 0.6) is 11.5 Å². The molecule has 0 saturated heterocycles. The smallest absolute Gasteiger partial charge is 0.190 e. The van der Waals surface area contributed by atoms with E-state index in [0.717, 1.165) is 43.4 Å². The summed E-state index contributed by atoms with van der Waals surface area (Å²) in [6.07, 6.45) is 2.01. The van der Waals surface area contributed by atoms with Crippen LogP contribution in [-0.2, 0) is 6.42 Å². The summed E-state index contributed by atoms with van der Waals surface area (Å²) in [7, 11) is 1.79. The summed E-state index contributed by atoms with van der Waals surface area (Å²) in [5.41, 5.74) is 1.23. The molecule has 1 heterocycles. The van der Waals surface area contributed by atoms with Crippen LogP contribution in [0.2, 0.25) is 0 Å². The Balaban J connectivity index is 0.00000220. The Kier molecular flexibility index (Phi) is 8.26. The van der Waals surface area contributed by atoms with Crippen molar-refractivity contribution in [1.29, 1.82) is 0 Å². The summed E-state index contributed by atoms with van der Waals surface area (Å²) < 4.78 is 11.1. The number of nitrogens with one attached hydrogen (secondary N) is 2. The molecule has 1 aromatic rings. The van der Waals surface area contributed by atoms with Gasteiger partial charge >= 0.3 is 0 Å². The van der Waals surface area contributed by atoms with Crippen LogP contribution in [0.4, 0.5) is 0 Å². The van der Waals surface area contributed by atoms with E-state index in [9.17, 15) is 0 Å². The molecule has 0 aromatic heterocycles. The second-order valence-electron chi connectivity index (χ2n) is 4.65. The van der Waals surface area contributed by atoms with Crippen molar-refractivity contribution in [3.63, 3.8) is 0 Å². The highest BCUT2D eigenvalue weighted by Gasteiger charge is 2.11. The van der Waals surface area contributed by atoms with Crippen LogP contribution in [0.1, 0.15) is 18.9 Å². The Bertz CT molecular complexity index is 466. The molecule has 0 bridgehead atoms. The molecule has 0 spiro atoms.